The summed E-state index contributed by atoms with van der Waals surface area (Å²) in [6, 6.07) is 8.33. The summed E-state index contributed by atoms with van der Waals surface area (Å²) < 4.78 is 5.89. The first-order valence-electron chi connectivity index (χ1n) is 6.63. The van der Waals surface area contributed by atoms with E-state index >= 15 is 0 Å². The first kappa shape index (κ1) is 17.3. The van der Waals surface area contributed by atoms with Crippen molar-refractivity contribution in [2.45, 2.75) is 33.6 Å². The van der Waals surface area contributed by atoms with Gasteiger partial charge in [-0.25, -0.2) is 0 Å². The van der Waals surface area contributed by atoms with Crippen molar-refractivity contribution in [3.63, 3.8) is 0 Å². The van der Waals surface area contributed by atoms with Crippen LogP contribution in [0.25, 0.3) is 0 Å². The summed E-state index contributed by atoms with van der Waals surface area (Å²) in [5, 5.41) is 0. The fraction of sp³-hybridized carbons (Fsp3) is 0.600. The summed E-state index contributed by atoms with van der Waals surface area (Å²) in [7, 11) is 0. The number of benzene rings is 1. The van der Waals surface area contributed by atoms with Crippen LogP contribution in [0, 0.1) is 0 Å². The van der Waals surface area contributed by atoms with Crippen molar-refractivity contribution in [1.29, 1.82) is 0 Å². The largest absolute Gasteiger partial charge is 0.492 e. The molecule has 1 aromatic rings. The molecule has 0 fully saturated rings. The van der Waals surface area contributed by atoms with Gasteiger partial charge in [0.15, 0.2) is 0 Å². The molecular weight excluding hydrogens is 246 g/mol. The molecule has 1 aromatic carbocycles. The number of hydrogen-bond donors (Lipinski definition) is 0. The lowest BCUT2D eigenvalue weighted by Gasteiger charge is -2.19. The van der Waals surface area contributed by atoms with Gasteiger partial charge in [-0.1, -0.05) is 45.9 Å². The molecule has 0 spiro atoms. The first-order valence-corrected chi connectivity index (χ1v) is 6.63. The minimum atomic E-state index is 0. The van der Waals surface area contributed by atoms with Crippen LogP contribution in [-0.2, 0) is 0 Å². The number of likely N-dealkylation sites (N-methyl/N-ethyl adjacent to an activating group) is 1. The van der Waals surface area contributed by atoms with Crippen molar-refractivity contribution in [2.24, 2.45) is 0 Å². The molecule has 0 unspecified atom stereocenters. The van der Waals surface area contributed by atoms with E-state index in [2.05, 4.69) is 50.8 Å². The maximum Gasteiger partial charge on any atom is 0.122 e. The van der Waals surface area contributed by atoms with E-state index in [1.165, 1.54) is 5.56 Å². The van der Waals surface area contributed by atoms with Crippen molar-refractivity contribution in [3.8, 4) is 5.75 Å². The topological polar surface area (TPSA) is 12.5 Å². The van der Waals surface area contributed by atoms with Gasteiger partial charge in [0.1, 0.15) is 12.4 Å². The molecule has 0 amide bonds. The van der Waals surface area contributed by atoms with Gasteiger partial charge in [-0.2, -0.15) is 0 Å². The monoisotopic (exact) mass is 271 g/mol. The van der Waals surface area contributed by atoms with Crippen molar-refractivity contribution in [1.82, 2.24) is 4.90 Å². The maximum atomic E-state index is 5.89. The van der Waals surface area contributed by atoms with E-state index in [0.717, 1.165) is 32.0 Å². The van der Waals surface area contributed by atoms with E-state index in [1.54, 1.807) is 0 Å². The quantitative estimate of drug-likeness (QED) is 0.744. The molecule has 18 heavy (non-hydrogen) atoms. The lowest BCUT2D eigenvalue weighted by atomic mass is 10.0. The fourth-order valence-corrected chi connectivity index (χ4v) is 1.91. The Morgan fingerprint density at radius 1 is 1.11 bits per heavy atom. The number of para-hydroxylation sites is 1. The van der Waals surface area contributed by atoms with Gasteiger partial charge >= 0.3 is 0 Å². The van der Waals surface area contributed by atoms with Crippen molar-refractivity contribution >= 4 is 12.4 Å². The Kier molecular flexibility index (Phi) is 8.86. The molecule has 104 valence electrons. The lowest BCUT2D eigenvalue weighted by molar-refractivity contribution is 0.221. The van der Waals surface area contributed by atoms with Crippen LogP contribution >= 0.6 is 12.4 Å². The zero-order valence-corrected chi connectivity index (χ0v) is 12.8. The second-order valence-electron chi connectivity index (χ2n) is 4.57. The van der Waals surface area contributed by atoms with Crippen LogP contribution in [0.4, 0.5) is 0 Å². The van der Waals surface area contributed by atoms with Crippen LogP contribution in [-0.4, -0.2) is 31.1 Å². The summed E-state index contributed by atoms with van der Waals surface area (Å²) in [4.78, 5) is 2.37. The van der Waals surface area contributed by atoms with Crippen LogP contribution < -0.4 is 4.74 Å². The zero-order valence-electron chi connectivity index (χ0n) is 12.0. The first-order chi connectivity index (χ1) is 8.19. The van der Waals surface area contributed by atoms with Gasteiger partial charge in [0.25, 0.3) is 0 Å². The van der Waals surface area contributed by atoms with E-state index in [9.17, 15) is 0 Å². The van der Waals surface area contributed by atoms with Crippen molar-refractivity contribution < 1.29 is 4.74 Å². The third-order valence-electron chi connectivity index (χ3n) is 3.10. The second kappa shape index (κ2) is 9.23. The molecule has 0 bridgehead atoms. The van der Waals surface area contributed by atoms with Gasteiger partial charge in [0.2, 0.25) is 0 Å². The smallest absolute Gasteiger partial charge is 0.122 e. The van der Waals surface area contributed by atoms with Gasteiger partial charge in [0.05, 0.1) is 0 Å². The molecule has 0 aliphatic carbocycles. The summed E-state index contributed by atoms with van der Waals surface area (Å²) in [5.41, 5.74) is 1.30. The highest BCUT2D eigenvalue weighted by Crippen LogP contribution is 2.25. The highest BCUT2D eigenvalue weighted by molar-refractivity contribution is 5.85. The molecule has 0 saturated heterocycles. The van der Waals surface area contributed by atoms with Gasteiger partial charge in [-0.3, -0.25) is 0 Å². The summed E-state index contributed by atoms with van der Waals surface area (Å²) >= 11 is 0. The van der Waals surface area contributed by atoms with Gasteiger partial charge in [0, 0.05) is 6.54 Å². The Morgan fingerprint density at radius 3 is 2.28 bits per heavy atom. The molecule has 3 heteroatoms. The highest BCUT2D eigenvalue weighted by atomic mass is 35.5. The third-order valence-corrected chi connectivity index (χ3v) is 3.10. The van der Waals surface area contributed by atoms with E-state index in [-0.39, 0.29) is 12.4 Å². The van der Waals surface area contributed by atoms with E-state index in [0.29, 0.717) is 5.92 Å². The minimum Gasteiger partial charge on any atom is -0.492 e. The Labute approximate surface area is 118 Å². The average Bonchev–Trinajstić information content (AvgIpc) is 2.35. The minimum absolute atomic E-state index is 0. The van der Waals surface area contributed by atoms with Gasteiger partial charge in [-0.15, -0.1) is 12.4 Å². The molecule has 0 aliphatic rings. The number of ether oxygens (including phenoxy) is 1. The molecular formula is C15H26ClNO. The van der Waals surface area contributed by atoms with Crippen LogP contribution in [0.1, 0.15) is 39.2 Å². The third kappa shape index (κ3) is 5.28. The molecule has 0 radical (unpaired) electrons. The van der Waals surface area contributed by atoms with Crippen LogP contribution in [0.5, 0.6) is 5.75 Å². The van der Waals surface area contributed by atoms with Gasteiger partial charge in [-0.05, 0) is 30.6 Å². The van der Waals surface area contributed by atoms with E-state index < -0.39 is 0 Å². The second-order valence-corrected chi connectivity index (χ2v) is 4.57. The number of nitrogens with zero attached hydrogens (tertiary/aromatic N) is 1. The standard InChI is InChI=1S/C15H25NO.ClH/c1-5-16(6-2)11-12-17-15-10-8-7-9-14(15)13(3)4;/h7-10,13H,5-6,11-12H2,1-4H3;1H. The lowest BCUT2D eigenvalue weighted by Crippen LogP contribution is -2.28. The number of halogens is 1. The predicted octanol–water partition coefficient (Wildman–Crippen LogP) is 3.95. The number of hydrogen-bond acceptors (Lipinski definition) is 2. The molecule has 0 heterocycles. The Balaban J connectivity index is 0.00000289. The van der Waals surface area contributed by atoms with Crippen LogP contribution in [0.15, 0.2) is 24.3 Å². The summed E-state index contributed by atoms with van der Waals surface area (Å²) in [6.07, 6.45) is 0. The normalized spacial score (nSPS) is 10.6. The fourth-order valence-electron chi connectivity index (χ4n) is 1.91. The Hall–Kier alpha value is -0.730. The number of rotatable bonds is 7. The van der Waals surface area contributed by atoms with Crippen LogP contribution in [0.3, 0.4) is 0 Å². The van der Waals surface area contributed by atoms with E-state index in [1.807, 2.05) is 6.07 Å². The molecule has 1 rings (SSSR count). The maximum absolute atomic E-state index is 5.89. The van der Waals surface area contributed by atoms with Crippen molar-refractivity contribution in [3.05, 3.63) is 29.8 Å². The molecule has 0 aliphatic heterocycles. The highest BCUT2D eigenvalue weighted by Gasteiger charge is 2.07. The van der Waals surface area contributed by atoms with E-state index in [4.69, 9.17) is 4.74 Å². The SMILES string of the molecule is CCN(CC)CCOc1ccccc1C(C)C.Cl. The predicted molar refractivity (Wildman–Crippen MR) is 81.1 cm³/mol. The molecule has 0 atom stereocenters. The molecule has 0 N–H and O–H groups in total. The molecule has 0 aromatic heterocycles. The summed E-state index contributed by atoms with van der Waals surface area (Å²) in [6.45, 7) is 12.7. The zero-order chi connectivity index (χ0) is 12.7. The van der Waals surface area contributed by atoms with Crippen molar-refractivity contribution in [2.75, 3.05) is 26.2 Å². The Morgan fingerprint density at radius 2 is 1.72 bits per heavy atom. The van der Waals surface area contributed by atoms with Crippen LogP contribution in [0.2, 0.25) is 0 Å². The summed E-state index contributed by atoms with van der Waals surface area (Å²) in [5.74, 6) is 1.55. The molecule has 0 saturated carbocycles. The van der Waals surface area contributed by atoms with Gasteiger partial charge < -0.3 is 9.64 Å². The average molecular weight is 272 g/mol. The molecule has 2 nitrogen and oxygen atoms in total. The Bertz CT molecular complexity index is 324.